The number of anilines is 1. The van der Waals surface area contributed by atoms with Gasteiger partial charge in [0.25, 0.3) is 5.91 Å². The number of aliphatic carboxylic acids is 1. The van der Waals surface area contributed by atoms with Crippen LogP contribution < -0.4 is 5.32 Å². The Labute approximate surface area is 161 Å². The number of benzene rings is 1. The van der Waals surface area contributed by atoms with Gasteiger partial charge in [-0.3, -0.25) is 14.4 Å². The summed E-state index contributed by atoms with van der Waals surface area (Å²) in [7, 11) is 0. The van der Waals surface area contributed by atoms with Crippen LogP contribution in [0.2, 0.25) is 5.02 Å². The van der Waals surface area contributed by atoms with Gasteiger partial charge in [0, 0.05) is 18.8 Å². The van der Waals surface area contributed by atoms with E-state index < -0.39 is 17.8 Å². The molecule has 7 nitrogen and oxygen atoms in total. The van der Waals surface area contributed by atoms with Crippen molar-refractivity contribution in [2.75, 3.05) is 31.6 Å². The average Bonchev–Trinajstić information content (AvgIpc) is 2.68. The molecule has 0 aromatic heterocycles. The van der Waals surface area contributed by atoms with E-state index in [9.17, 15) is 19.5 Å². The maximum absolute atomic E-state index is 12.5. The summed E-state index contributed by atoms with van der Waals surface area (Å²) in [5.41, 5.74) is 0.794. The second-order valence-corrected chi connectivity index (χ2v) is 6.99. The number of amides is 2. The van der Waals surface area contributed by atoms with Crippen molar-refractivity contribution in [2.24, 2.45) is 11.8 Å². The Morgan fingerprint density at radius 3 is 2.41 bits per heavy atom. The fraction of sp³-hybridized carbons (Fsp3) is 0.421. The van der Waals surface area contributed by atoms with Crippen molar-refractivity contribution in [1.29, 1.82) is 0 Å². The summed E-state index contributed by atoms with van der Waals surface area (Å²) in [6, 6.07) is 4.69. The van der Waals surface area contributed by atoms with Crippen molar-refractivity contribution in [2.45, 2.75) is 12.8 Å². The van der Waals surface area contributed by atoms with Gasteiger partial charge in [0.2, 0.25) is 5.91 Å². The number of carbonyl (C=O) groups is 3. The van der Waals surface area contributed by atoms with Crippen LogP contribution in [0.5, 0.6) is 0 Å². The fourth-order valence-electron chi connectivity index (χ4n) is 3.31. The molecule has 2 atom stereocenters. The van der Waals surface area contributed by atoms with E-state index in [-0.39, 0.29) is 16.8 Å². The maximum Gasteiger partial charge on any atom is 0.307 e. The molecule has 1 aromatic rings. The lowest BCUT2D eigenvalue weighted by Crippen LogP contribution is -2.40. The van der Waals surface area contributed by atoms with Gasteiger partial charge in [0.15, 0.2) is 0 Å². The molecule has 0 bridgehead atoms. The predicted molar refractivity (Wildman–Crippen MR) is 99.8 cm³/mol. The van der Waals surface area contributed by atoms with Gasteiger partial charge < -0.3 is 20.1 Å². The van der Waals surface area contributed by atoms with Crippen molar-refractivity contribution in [3.8, 4) is 0 Å². The number of nitrogens with one attached hydrogen (secondary N) is 1. The highest BCUT2D eigenvalue weighted by molar-refractivity contribution is 6.34. The molecule has 2 N–H and O–H groups in total. The highest BCUT2D eigenvalue weighted by atomic mass is 35.5. The van der Waals surface area contributed by atoms with Crippen molar-refractivity contribution >= 4 is 35.1 Å². The van der Waals surface area contributed by atoms with E-state index >= 15 is 0 Å². The van der Waals surface area contributed by atoms with Crippen LogP contribution >= 0.6 is 11.6 Å². The average molecular weight is 393 g/mol. The fourth-order valence-corrected chi connectivity index (χ4v) is 3.58. The molecule has 8 heteroatoms. The van der Waals surface area contributed by atoms with Crippen molar-refractivity contribution in [1.82, 2.24) is 4.90 Å². The number of morpholine rings is 1. The molecule has 3 rings (SSSR count). The third-order valence-corrected chi connectivity index (χ3v) is 5.16. The quantitative estimate of drug-likeness (QED) is 0.767. The Morgan fingerprint density at radius 1 is 1.11 bits per heavy atom. The molecular weight excluding hydrogens is 372 g/mol. The number of carbonyl (C=O) groups excluding carboxylic acids is 2. The van der Waals surface area contributed by atoms with E-state index in [0.717, 1.165) is 0 Å². The summed E-state index contributed by atoms with van der Waals surface area (Å²) in [4.78, 5) is 38.1. The lowest BCUT2D eigenvalue weighted by molar-refractivity contribution is -0.146. The number of carboxylic acid groups (broad SMARTS) is 1. The first-order chi connectivity index (χ1) is 13.0. The summed E-state index contributed by atoms with van der Waals surface area (Å²) in [6.45, 7) is 2.02. The third kappa shape index (κ3) is 4.48. The molecular formula is C19H21ClN2O5. The monoisotopic (exact) mass is 392 g/mol. The standard InChI is InChI=1S/C19H21ClN2O5/c20-16-11-12(5-6-15(16)18(24)22-7-9-27-10-8-22)21-17(23)13-3-1-2-4-14(13)19(25)26/h1-2,5-6,11,13-14H,3-4,7-10H2,(H,21,23)(H,25,26)/t13-,14+/m1/s1. The number of hydrogen-bond acceptors (Lipinski definition) is 4. The van der Waals surface area contributed by atoms with Gasteiger partial charge in [0.1, 0.15) is 0 Å². The number of nitrogens with zero attached hydrogens (tertiary/aromatic N) is 1. The Hall–Kier alpha value is -2.38. The summed E-state index contributed by atoms with van der Waals surface area (Å²) >= 11 is 6.26. The molecule has 1 fully saturated rings. The van der Waals surface area contributed by atoms with Gasteiger partial charge >= 0.3 is 5.97 Å². The highest BCUT2D eigenvalue weighted by Gasteiger charge is 2.34. The SMILES string of the molecule is O=C(O)[C@H]1CC=CC[C@H]1C(=O)Nc1ccc(C(=O)N2CCOCC2)c(Cl)c1. The van der Waals surface area contributed by atoms with Gasteiger partial charge in [-0.15, -0.1) is 0 Å². The molecule has 2 aliphatic rings. The molecule has 0 saturated carbocycles. The molecule has 1 aromatic carbocycles. The van der Waals surface area contributed by atoms with Crippen LogP contribution in [-0.4, -0.2) is 54.1 Å². The normalized spacial score (nSPS) is 22.3. The van der Waals surface area contributed by atoms with Crippen molar-refractivity contribution in [3.05, 3.63) is 40.9 Å². The molecule has 2 amide bonds. The molecule has 0 radical (unpaired) electrons. The summed E-state index contributed by atoms with van der Waals surface area (Å²) in [5.74, 6) is -2.91. The smallest absolute Gasteiger partial charge is 0.307 e. The van der Waals surface area contributed by atoms with Gasteiger partial charge in [0.05, 0.1) is 35.6 Å². The van der Waals surface area contributed by atoms with E-state index in [1.807, 2.05) is 6.08 Å². The lowest BCUT2D eigenvalue weighted by atomic mass is 9.82. The minimum atomic E-state index is -0.982. The molecule has 144 valence electrons. The van der Waals surface area contributed by atoms with Crippen LogP contribution in [-0.2, 0) is 14.3 Å². The second-order valence-electron chi connectivity index (χ2n) is 6.58. The van der Waals surface area contributed by atoms with Crippen LogP contribution in [0.4, 0.5) is 5.69 Å². The van der Waals surface area contributed by atoms with Crippen molar-refractivity contribution < 1.29 is 24.2 Å². The minimum Gasteiger partial charge on any atom is -0.481 e. The van der Waals surface area contributed by atoms with E-state index in [2.05, 4.69) is 5.32 Å². The predicted octanol–water partition coefficient (Wildman–Crippen LogP) is 2.42. The van der Waals surface area contributed by atoms with Gasteiger partial charge in [-0.1, -0.05) is 23.8 Å². The van der Waals surface area contributed by atoms with Crippen molar-refractivity contribution in [3.63, 3.8) is 0 Å². The summed E-state index contributed by atoms with van der Waals surface area (Å²) in [6.07, 6.45) is 4.32. The topological polar surface area (TPSA) is 95.9 Å². The first-order valence-corrected chi connectivity index (χ1v) is 9.20. The van der Waals surface area contributed by atoms with Crippen LogP contribution in [0, 0.1) is 11.8 Å². The molecule has 1 heterocycles. The maximum atomic E-state index is 12.5. The van der Waals surface area contributed by atoms with E-state index in [0.29, 0.717) is 50.4 Å². The van der Waals surface area contributed by atoms with E-state index in [4.69, 9.17) is 16.3 Å². The third-order valence-electron chi connectivity index (χ3n) is 4.85. The number of ether oxygens (including phenoxy) is 1. The number of hydrogen-bond donors (Lipinski definition) is 2. The van der Waals surface area contributed by atoms with Crippen LogP contribution in [0.1, 0.15) is 23.2 Å². The summed E-state index contributed by atoms with van der Waals surface area (Å²) < 4.78 is 5.24. The minimum absolute atomic E-state index is 0.176. The first-order valence-electron chi connectivity index (χ1n) is 8.82. The molecule has 1 aliphatic heterocycles. The van der Waals surface area contributed by atoms with E-state index in [1.54, 1.807) is 23.1 Å². The summed E-state index contributed by atoms with van der Waals surface area (Å²) in [5, 5.41) is 12.3. The number of rotatable bonds is 4. The molecule has 0 unspecified atom stereocenters. The zero-order valence-electron chi connectivity index (χ0n) is 14.7. The highest BCUT2D eigenvalue weighted by Crippen LogP contribution is 2.28. The number of halogens is 1. The lowest BCUT2D eigenvalue weighted by Gasteiger charge is -2.27. The number of carboxylic acids is 1. The van der Waals surface area contributed by atoms with Gasteiger partial charge in [-0.2, -0.15) is 0 Å². The van der Waals surface area contributed by atoms with Gasteiger partial charge in [-0.25, -0.2) is 0 Å². The molecule has 1 aliphatic carbocycles. The Balaban J connectivity index is 1.70. The van der Waals surface area contributed by atoms with E-state index in [1.165, 1.54) is 6.07 Å². The number of allylic oxidation sites excluding steroid dienone is 2. The Bertz CT molecular complexity index is 773. The largest absolute Gasteiger partial charge is 0.481 e. The zero-order chi connectivity index (χ0) is 19.4. The van der Waals surface area contributed by atoms with Gasteiger partial charge in [-0.05, 0) is 31.0 Å². The molecule has 27 heavy (non-hydrogen) atoms. The van der Waals surface area contributed by atoms with Crippen LogP contribution in [0.3, 0.4) is 0 Å². The Morgan fingerprint density at radius 2 is 1.78 bits per heavy atom. The zero-order valence-corrected chi connectivity index (χ0v) is 15.4. The molecule has 1 saturated heterocycles. The molecule has 0 spiro atoms. The van der Waals surface area contributed by atoms with Crippen LogP contribution in [0.25, 0.3) is 0 Å². The Kier molecular flexibility index (Phi) is 6.13. The second kappa shape index (κ2) is 8.54. The first kappa shape index (κ1) is 19.4. The van der Waals surface area contributed by atoms with Crippen LogP contribution in [0.15, 0.2) is 30.4 Å².